The third-order valence-corrected chi connectivity index (χ3v) is 4.10. The van der Waals surface area contributed by atoms with Gasteiger partial charge in [-0.1, -0.05) is 11.6 Å². The smallest absolute Gasteiger partial charge is 0.138 e. The van der Waals surface area contributed by atoms with Crippen LogP contribution < -0.4 is 10.5 Å². The summed E-state index contributed by atoms with van der Waals surface area (Å²) in [5.74, 6) is 0.890. The second-order valence-corrected chi connectivity index (χ2v) is 6.10. The average molecular weight is 379 g/mol. The quantitative estimate of drug-likeness (QED) is 0.711. The maximum atomic E-state index is 13.1. The summed E-state index contributed by atoms with van der Waals surface area (Å²) in [7, 11) is 1.84. The molecule has 0 spiro atoms. The molecule has 0 aliphatic carbocycles. The van der Waals surface area contributed by atoms with Gasteiger partial charge in [-0.3, -0.25) is 0 Å². The van der Waals surface area contributed by atoms with Gasteiger partial charge in [0.15, 0.2) is 0 Å². The summed E-state index contributed by atoms with van der Waals surface area (Å²) in [4.78, 5) is 10.2. The first-order valence-corrected chi connectivity index (χ1v) is 8.13. The number of rotatable bonds is 7. The molecule has 0 atom stereocenters. The summed E-state index contributed by atoms with van der Waals surface area (Å²) in [6.45, 7) is 4.05. The number of anilines is 1. The van der Waals surface area contributed by atoms with Crippen LogP contribution in [0.5, 0.6) is 5.75 Å². The van der Waals surface area contributed by atoms with Crippen LogP contribution in [-0.2, 0) is 6.54 Å². The molecule has 0 saturated heterocycles. The molecule has 1 aromatic carbocycles. The molecule has 3 N–H and O–H groups in total. The van der Waals surface area contributed by atoms with Crippen molar-refractivity contribution in [3.8, 4) is 5.75 Å². The Morgan fingerprint density at radius 3 is 2.81 bits per heavy atom. The number of aromatic nitrogens is 2. The van der Waals surface area contributed by atoms with Gasteiger partial charge in [-0.15, -0.1) is 0 Å². The Kier molecular flexibility index (Phi) is 6.46. The average Bonchev–Trinajstić information content (AvgIpc) is 2.59. The Balaban J connectivity index is 2.11. The molecule has 0 amide bonds. The Labute approximate surface area is 156 Å². The lowest BCUT2D eigenvalue weighted by Crippen LogP contribution is -2.20. The van der Waals surface area contributed by atoms with Crippen LogP contribution in [0.3, 0.4) is 0 Å². The number of ether oxygens (including phenoxy) is 1. The summed E-state index contributed by atoms with van der Waals surface area (Å²) in [6.07, 6.45) is 1.67. The SMILES string of the molecule is CC(=C(COc1ccc(F)cc1Cl)N=N)N(C)Cc1cnc(C)nc1N. The molecule has 2 aromatic rings. The molecule has 7 nitrogen and oxygen atoms in total. The lowest BCUT2D eigenvalue weighted by Gasteiger charge is -2.22. The maximum Gasteiger partial charge on any atom is 0.138 e. The molecule has 0 aliphatic rings. The molecule has 0 unspecified atom stereocenters. The summed E-state index contributed by atoms with van der Waals surface area (Å²) in [5.41, 5.74) is 15.2. The largest absolute Gasteiger partial charge is 0.486 e. The van der Waals surface area contributed by atoms with Gasteiger partial charge in [0, 0.05) is 31.0 Å². The number of aryl methyl sites for hydroxylation is 1. The summed E-state index contributed by atoms with van der Waals surface area (Å²) in [6, 6.07) is 3.85. The highest BCUT2D eigenvalue weighted by Gasteiger charge is 2.12. The van der Waals surface area contributed by atoms with E-state index in [9.17, 15) is 4.39 Å². The van der Waals surface area contributed by atoms with Gasteiger partial charge in [-0.05, 0) is 32.0 Å². The second kappa shape index (κ2) is 8.57. The predicted molar refractivity (Wildman–Crippen MR) is 97.4 cm³/mol. The van der Waals surface area contributed by atoms with Crippen molar-refractivity contribution in [3.05, 3.63) is 58.0 Å². The number of allylic oxidation sites excluding steroid dienone is 1. The Morgan fingerprint density at radius 1 is 1.46 bits per heavy atom. The molecule has 1 heterocycles. The van der Waals surface area contributed by atoms with Crippen molar-refractivity contribution >= 4 is 17.4 Å². The van der Waals surface area contributed by atoms with E-state index in [4.69, 9.17) is 27.6 Å². The van der Waals surface area contributed by atoms with Crippen LogP contribution >= 0.6 is 11.6 Å². The molecule has 0 saturated carbocycles. The third-order valence-electron chi connectivity index (χ3n) is 3.81. The van der Waals surface area contributed by atoms with Gasteiger partial charge < -0.3 is 15.4 Å². The lowest BCUT2D eigenvalue weighted by molar-refractivity contribution is 0.333. The zero-order valence-electron chi connectivity index (χ0n) is 14.8. The number of nitrogens with two attached hydrogens (primary N) is 1. The van der Waals surface area contributed by atoms with Gasteiger partial charge in [-0.25, -0.2) is 19.9 Å². The van der Waals surface area contributed by atoms with Crippen molar-refractivity contribution in [1.29, 1.82) is 5.53 Å². The fourth-order valence-electron chi connectivity index (χ4n) is 2.18. The van der Waals surface area contributed by atoms with E-state index in [2.05, 4.69) is 15.1 Å². The van der Waals surface area contributed by atoms with Gasteiger partial charge in [-0.2, -0.15) is 5.11 Å². The highest BCUT2D eigenvalue weighted by Crippen LogP contribution is 2.26. The van der Waals surface area contributed by atoms with E-state index in [-0.39, 0.29) is 11.6 Å². The number of halogens is 2. The van der Waals surface area contributed by atoms with Crippen molar-refractivity contribution < 1.29 is 9.13 Å². The highest BCUT2D eigenvalue weighted by molar-refractivity contribution is 6.32. The number of nitrogens with zero attached hydrogens (tertiary/aromatic N) is 4. The van der Waals surface area contributed by atoms with E-state index >= 15 is 0 Å². The molecule has 9 heteroatoms. The first-order chi connectivity index (χ1) is 12.3. The van der Waals surface area contributed by atoms with E-state index in [1.54, 1.807) is 13.1 Å². The number of nitrogens with one attached hydrogen (secondary N) is 1. The van der Waals surface area contributed by atoms with E-state index in [1.165, 1.54) is 12.1 Å². The molecule has 138 valence electrons. The number of nitrogen functional groups attached to an aromatic ring is 1. The van der Waals surface area contributed by atoms with E-state index < -0.39 is 5.82 Å². The van der Waals surface area contributed by atoms with Gasteiger partial charge >= 0.3 is 0 Å². The van der Waals surface area contributed by atoms with Crippen LogP contribution in [0.2, 0.25) is 5.02 Å². The minimum absolute atomic E-state index is 0.0188. The zero-order valence-corrected chi connectivity index (χ0v) is 15.5. The van der Waals surface area contributed by atoms with Crippen molar-refractivity contribution in [3.63, 3.8) is 0 Å². The molecular formula is C17H20ClFN6O. The molecule has 0 bridgehead atoms. The number of hydrogen-bond donors (Lipinski definition) is 2. The van der Waals surface area contributed by atoms with Crippen LogP contribution in [-0.4, -0.2) is 28.5 Å². The third kappa shape index (κ3) is 4.89. The van der Waals surface area contributed by atoms with Gasteiger partial charge in [0.05, 0.1) is 5.02 Å². The van der Waals surface area contributed by atoms with Gasteiger partial charge in [0.1, 0.15) is 35.5 Å². The van der Waals surface area contributed by atoms with Gasteiger partial charge in [0.2, 0.25) is 0 Å². The minimum atomic E-state index is -0.447. The fourth-order valence-corrected chi connectivity index (χ4v) is 2.41. The molecular weight excluding hydrogens is 359 g/mol. The first kappa shape index (κ1) is 19.6. The Hall–Kier alpha value is -2.74. The topological polar surface area (TPSA) is 100 Å². The molecule has 0 fully saturated rings. The maximum absolute atomic E-state index is 13.1. The summed E-state index contributed by atoms with van der Waals surface area (Å²) in [5, 5.41) is 3.69. The van der Waals surface area contributed by atoms with E-state index in [0.29, 0.717) is 29.6 Å². The van der Waals surface area contributed by atoms with Crippen LogP contribution in [0.15, 0.2) is 40.9 Å². The molecule has 1 aromatic heterocycles. The predicted octanol–water partition coefficient (Wildman–Crippen LogP) is 3.93. The standard InChI is InChI=1S/C17H20ClFN6O/c1-10(25(3)8-12-7-22-11(2)23-17(12)20)15(24-21)9-26-16-5-4-13(19)6-14(16)18/h4-7,21H,8-9H2,1-3H3,(H2,20,22,23). The van der Waals surface area contributed by atoms with Crippen LogP contribution in [0.1, 0.15) is 18.3 Å². The second-order valence-electron chi connectivity index (χ2n) is 5.69. The highest BCUT2D eigenvalue weighted by atomic mass is 35.5. The van der Waals surface area contributed by atoms with Crippen molar-refractivity contribution in [2.75, 3.05) is 19.4 Å². The first-order valence-electron chi connectivity index (χ1n) is 7.76. The lowest BCUT2D eigenvalue weighted by atomic mass is 10.2. The van der Waals surface area contributed by atoms with E-state index in [0.717, 1.165) is 17.3 Å². The van der Waals surface area contributed by atoms with Crippen LogP contribution in [0.4, 0.5) is 10.2 Å². The van der Waals surface area contributed by atoms with Crippen molar-refractivity contribution in [2.45, 2.75) is 20.4 Å². The molecule has 26 heavy (non-hydrogen) atoms. The Morgan fingerprint density at radius 2 is 2.19 bits per heavy atom. The monoisotopic (exact) mass is 378 g/mol. The zero-order chi connectivity index (χ0) is 19.3. The van der Waals surface area contributed by atoms with Crippen molar-refractivity contribution in [2.24, 2.45) is 5.11 Å². The number of benzene rings is 1. The molecule has 2 rings (SSSR count). The molecule has 0 radical (unpaired) electrons. The molecule has 0 aliphatic heterocycles. The summed E-state index contributed by atoms with van der Waals surface area (Å²) < 4.78 is 18.6. The van der Waals surface area contributed by atoms with Crippen LogP contribution in [0, 0.1) is 18.3 Å². The number of hydrogen-bond acceptors (Lipinski definition) is 7. The van der Waals surface area contributed by atoms with E-state index in [1.807, 2.05) is 18.9 Å². The fraction of sp³-hybridized carbons (Fsp3) is 0.294. The summed E-state index contributed by atoms with van der Waals surface area (Å²) >= 11 is 5.94. The van der Waals surface area contributed by atoms with Crippen molar-refractivity contribution in [1.82, 2.24) is 14.9 Å². The van der Waals surface area contributed by atoms with Gasteiger partial charge in [0.25, 0.3) is 0 Å². The minimum Gasteiger partial charge on any atom is -0.486 e. The van der Waals surface area contributed by atoms with Crippen LogP contribution in [0.25, 0.3) is 0 Å². The Bertz CT molecular complexity index is 842. The normalized spacial score (nSPS) is 11.7.